The number of likely N-dealkylation sites (tertiary alicyclic amines) is 1. The van der Waals surface area contributed by atoms with Crippen LogP contribution >= 0.6 is 0 Å². The second-order valence-corrected chi connectivity index (χ2v) is 6.35. The predicted molar refractivity (Wildman–Crippen MR) is 69.7 cm³/mol. The van der Waals surface area contributed by atoms with E-state index in [9.17, 15) is 0 Å². The Labute approximate surface area is 102 Å². The van der Waals surface area contributed by atoms with E-state index in [1.807, 2.05) is 4.90 Å². The van der Waals surface area contributed by atoms with Gasteiger partial charge >= 0.3 is 0 Å². The zero-order valence-corrected chi connectivity index (χ0v) is 11.3. The molecular formula is C15H30N+. The molecule has 0 aromatic carbocycles. The molecule has 4 unspecified atom stereocenters. The van der Waals surface area contributed by atoms with Crippen LogP contribution in [-0.4, -0.2) is 19.6 Å². The third-order valence-corrected chi connectivity index (χ3v) is 5.14. The molecule has 94 valence electrons. The topological polar surface area (TPSA) is 4.44 Å². The molecule has 0 bridgehead atoms. The smallest absolute Gasteiger partial charge is 0.0802 e. The molecule has 1 aliphatic carbocycles. The maximum absolute atomic E-state index is 2.49. The summed E-state index contributed by atoms with van der Waals surface area (Å²) in [5.74, 6) is 3.07. The number of hydrogen-bond donors (Lipinski definition) is 1. The van der Waals surface area contributed by atoms with Gasteiger partial charge in [0.2, 0.25) is 0 Å². The molecule has 1 nitrogen and oxygen atoms in total. The molecule has 1 saturated heterocycles. The fourth-order valence-corrected chi connectivity index (χ4v) is 3.85. The monoisotopic (exact) mass is 224 g/mol. The summed E-state index contributed by atoms with van der Waals surface area (Å²) in [4.78, 5) is 1.93. The van der Waals surface area contributed by atoms with Gasteiger partial charge in [-0.1, -0.05) is 33.1 Å². The fourth-order valence-electron chi connectivity index (χ4n) is 3.85. The summed E-state index contributed by atoms with van der Waals surface area (Å²) in [7, 11) is 0. The van der Waals surface area contributed by atoms with Crippen LogP contribution in [0.2, 0.25) is 0 Å². The Hall–Kier alpha value is -0.0400. The summed E-state index contributed by atoms with van der Waals surface area (Å²) in [5.41, 5.74) is 0. The number of piperidine rings is 1. The lowest BCUT2D eigenvalue weighted by atomic mass is 9.79. The Bertz CT molecular complexity index is 202. The van der Waals surface area contributed by atoms with Gasteiger partial charge in [-0.15, -0.1) is 0 Å². The highest BCUT2D eigenvalue weighted by atomic mass is 15.1. The lowest BCUT2D eigenvalue weighted by Crippen LogP contribution is -3.14. The summed E-state index contributed by atoms with van der Waals surface area (Å²) >= 11 is 0. The Morgan fingerprint density at radius 3 is 2.62 bits per heavy atom. The van der Waals surface area contributed by atoms with Crippen LogP contribution < -0.4 is 4.90 Å². The molecule has 1 aliphatic heterocycles. The third kappa shape index (κ3) is 3.23. The third-order valence-electron chi connectivity index (χ3n) is 5.14. The van der Waals surface area contributed by atoms with Crippen LogP contribution in [0.3, 0.4) is 0 Å². The maximum Gasteiger partial charge on any atom is 0.0802 e. The number of hydrogen-bond acceptors (Lipinski definition) is 0. The minimum Gasteiger partial charge on any atom is -0.334 e. The van der Waals surface area contributed by atoms with Gasteiger partial charge in [-0.2, -0.15) is 0 Å². The van der Waals surface area contributed by atoms with Crippen molar-refractivity contribution in [1.82, 2.24) is 0 Å². The van der Waals surface area contributed by atoms with Crippen molar-refractivity contribution in [2.75, 3.05) is 19.6 Å². The van der Waals surface area contributed by atoms with E-state index in [1.165, 1.54) is 64.6 Å². The second-order valence-electron chi connectivity index (χ2n) is 6.35. The number of quaternary nitrogens is 1. The Balaban J connectivity index is 1.79. The molecule has 0 aromatic heterocycles. The molecule has 1 saturated carbocycles. The molecular weight excluding hydrogens is 194 g/mol. The van der Waals surface area contributed by atoms with Gasteiger partial charge in [0.15, 0.2) is 0 Å². The van der Waals surface area contributed by atoms with Gasteiger partial charge in [0.05, 0.1) is 19.6 Å². The summed E-state index contributed by atoms with van der Waals surface area (Å²) in [6, 6.07) is 0. The van der Waals surface area contributed by atoms with Gasteiger partial charge < -0.3 is 4.90 Å². The van der Waals surface area contributed by atoms with Crippen molar-refractivity contribution >= 4 is 0 Å². The largest absolute Gasteiger partial charge is 0.334 e. The van der Waals surface area contributed by atoms with E-state index in [4.69, 9.17) is 0 Å². The van der Waals surface area contributed by atoms with E-state index in [-0.39, 0.29) is 0 Å². The summed E-state index contributed by atoms with van der Waals surface area (Å²) < 4.78 is 0. The highest BCUT2D eigenvalue weighted by Gasteiger charge is 2.28. The predicted octanol–water partition coefficient (Wildman–Crippen LogP) is 2.52. The van der Waals surface area contributed by atoms with E-state index in [0.717, 1.165) is 17.8 Å². The van der Waals surface area contributed by atoms with Crippen LogP contribution in [-0.2, 0) is 0 Å². The summed E-state index contributed by atoms with van der Waals surface area (Å²) in [6.07, 6.45) is 10.4. The van der Waals surface area contributed by atoms with Crippen molar-refractivity contribution in [3.05, 3.63) is 0 Å². The Morgan fingerprint density at radius 2 is 1.88 bits per heavy atom. The van der Waals surface area contributed by atoms with E-state index >= 15 is 0 Å². The highest BCUT2D eigenvalue weighted by molar-refractivity contribution is 4.72. The first-order chi connectivity index (χ1) is 7.79. The highest BCUT2D eigenvalue weighted by Crippen LogP contribution is 2.28. The molecule has 2 fully saturated rings. The molecule has 2 aliphatic rings. The van der Waals surface area contributed by atoms with Gasteiger partial charge in [-0.05, 0) is 31.6 Å². The zero-order chi connectivity index (χ0) is 11.4. The van der Waals surface area contributed by atoms with Gasteiger partial charge in [-0.3, -0.25) is 0 Å². The molecule has 1 N–H and O–H groups in total. The fraction of sp³-hybridized carbons (Fsp3) is 1.00. The van der Waals surface area contributed by atoms with Crippen LogP contribution in [0.15, 0.2) is 0 Å². The maximum atomic E-state index is 2.49. The second kappa shape index (κ2) is 6.05. The normalized spacial score (nSPS) is 40.9. The lowest BCUT2D eigenvalue weighted by Gasteiger charge is -2.35. The minimum absolute atomic E-state index is 1.00. The average molecular weight is 224 g/mol. The van der Waals surface area contributed by atoms with Crippen molar-refractivity contribution in [2.45, 2.75) is 58.8 Å². The van der Waals surface area contributed by atoms with Crippen molar-refractivity contribution < 1.29 is 4.90 Å². The molecule has 4 atom stereocenters. The van der Waals surface area contributed by atoms with Crippen LogP contribution in [0.5, 0.6) is 0 Å². The first-order valence-electron chi connectivity index (χ1n) is 7.63. The summed E-state index contributed by atoms with van der Waals surface area (Å²) in [5, 5.41) is 0. The van der Waals surface area contributed by atoms with Gasteiger partial charge in [0, 0.05) is 11.8 Å². The van der Waals surface area contributed by atoms with E-state index in [1.54, 1.807) is 0 Å². The van der Waals surface area contributed by atoms with Gasteiger partial charge in [0.25, 0.3) is 0 Å². The molecule has 2 rings (SSSR count). The standard InChI is InChI=1S/C15H29N/c1-3-14-8-6-10-16(11-14)12-15-9-5-4-7-13(15)2/h13-15H,3-12H2,1-2H3/p+1. The number of rotatable bonds is 3. The average Bonchev–Trinajstić information content (AvgIpc) is 2.32. The van der Waals surface area contributed by atoms with E-state index < -0.39 is 0 Å². The minimum atomic E-state index is 1.00. The molecule has 16 heavy (non-hydrogen) atoms. The van der Waals surface area contributed by atoms with E-state index in [2.05, 4.69) is 13.8 Å². The van der Waals surface area contributed by atoms with Crippen LogP contribution in [0.4, 0.5) is 0 Å². The Morgan fingerprint density at radius 1 is 1.06 bits per heavy atom. The molecule has 0 amide bonds. The first-order valence-corrected chi connectivity index (χ1v) is 7.63. The van der Waals surface area contributed by atoms with Crippen LogP contribution in [0, 0.1) is 17.8 Å². The first kappa shape index (κ1) is 12.4. The van der Waals surface area contributed by atoms with Crippen LogP contribution in [0.25, 0.3) is 0 Å². The van der Waals surface area contributed by atoms with Crippen LogP contribution in [0.1, 0.15) is 58.8 Å². The van der Waals surface area contributed by atoms with Gasteiger partial charge in [-0.25, -0.2) is 0 Å². The SMILES string of the molecule is CCC1CCC[NH+](CC2CCCCC2C)C1. The van der Waals surface area contributed by atoms with Crippen molar-refractivity contribution in [3.63, 3.8) is 0 Å². The van der Waals surface area contributed by atoms with E-state index in [0.29, 0.717) is 0 Å². The lowest BCUT2D eigenvalue weighted by molar-refractivity contribution is -0.912. The van der Waals surface area contributed by atoms with Crippen molar-refractivity contribution in [2.24, 2.45) is 17.8 Å². The van der Waals surface area contributed by atoms with Gasteiger partial charge in [0.1, 0.15) is 0 Å². The molecule has 1 heterocycles. The number of nitrogens with one attached hydrogen (secondary N) is 1. The summed E-state index contributed by atoms with van der Waals surface area (Å²) in [6.45, 7) is 9.28. The van der Waals surface area contributed by atoms with Crippen molar-refractivity contribution in [1.29, 1.82) is 0 Å². The molecule has 1 heteroatoms. The Kier molecular flexibility index (Phi) is 4.69. The molecule has 0 spiro atoms. The zero-order valence-electron chi connectivity index (χ0n) is 11.3. The molecule has 0 aromatic rings. The molecule has 0 radical (unpaired) electrons. The quantitative estimate of drug-likeness (QED) is 0.751. The van der Waals surface area contributed by atoms with Crippen molar-refractivity contribution in [3.8, 4) is 0 Å².